The molecule has 0 amide bonds. The maximum absolute atomic E-state index is 5.26. The molecule has 0 unspecified atom stereocenters. The highest BCUT2D eigenvalue weighted by atomic mass is 32.2. The molecule has 5 nitrogen and oxygen atoms in total. The van der Waals surface area contributed by atoms with Crippen LogP contribution in [0.2, 0.25) is 0 Å². The van der Waals surface area contributed by atoms with Crippen molar-refractivity contribution in [2.75, 3.05) is 7.11 Å². The molecule has 2 heterocycles. The predicted molar refractivity (Wildman–Crippen MR) is 139 cm³/mol. The number of methoxy groups -OCH3 is 1. The first-order chi connectivity index (χ1) is 16.8. The fraction of sp³-hybridized carbons (Fsp3) is 0.107. The molecule has 2 aromatic heterocycles. The van der Waals surface area contributed by atoms with E-state index in [0.717, 1.165) is 50.2 Å². The van der Waals surface area contributed by atoms with Crippen LogP contribution in [0, 0.1) is 0 Å². The summed E-state index contributed by atoms with van der Waals surface area (Å²) < 4.78 is 7.39. The molecule has 0 aliphatic carbocycles. The average molecular weight is 465 g/mol. The van der Waals surface area contributed by atoms with Gasteiger partial charge in [0.05, 0.1) is 18.3 Å². The molecule has 0 atom stereocenters. The molecule has 0 bridgehead atoms. The maximum atomic E-state index is 5.26. The Bertz CT molecular complexity index is 1430. The zero-order valence-electron chi connectivity index (χ0n) is 18.9. The molecule has 168 valence electrons. The first-order valence-corrected chi connectivity index (χ1v) is 12.0. The van der Waals surface area contributed by atoms with Gasteiger partial charge in [0.25, 0.3) is 0 Å². The topological polar surface area (TPSA) is 52.8 Å². The van der Waals surface area contributed by atoms with Crippen LogP contribution in [0.1, 0.15) is 5.56 Å². The van der Waals surface area contributed by atoms with E-state index in [4.69, 9.17) is 9.72 Å². The number of hydrogen-bond acceptors (Lipinski definition) is 5. The quantitative estimate of drug-likeness (QED) is 0.190. The molecular formula is C28H24N4OS. The van der Waals surface area contributed by atoms with Gasteiger partial charge in [0.2, 0.25) is 0 Å². The van der Waals surface area contributed by atoms with Crippen LogP contribution >= 0.6 is 11.8 Å². The van der Waals surface area contributed by atoms with Gasteiger partial charge >= 0.3 is 0 Å². The molecule has 0 aliphatic rings. The molecule has 6 heteroatoms. The van der Waals surface area contributed by atoms with Crippen molar-refractivity contribution in [1.29, 1.82) is 0 Å². The smallest absolute Gasteiger partial charge is 0.192 e. The van der Waals surface area contributed by atoms with Gasteiger partial charge in [-0.25, -0.2) is 4.98 Å². The van der Waals surface area contributed by atoms with Gasteiger partial charge in [0, 0.05) is 28.8 Å². The molecule has 34 heavy (non-hydrogen) atoms. The second-order valence-electron chi connectivity index (χ2n) is 7.78. The van der Waals surface area contributed by atoms with Crippen LogP contribution < -0.4 is 4.74 Å². The molecule has 0 radical (unpaired) electrons. The molecule has 0 spiro atoms. The lowest BCUT2D eigenvalue weighted by molar-refractivity contribution is 0.414. The number of thioether (sulfide) groups is 1. The van der Waals surface area contributed by atoms with Gasteiger partial charge < -0.3 is 4.74 Å². The summed E-state index contributed by atoms with van der Waals surface area (Å²) in [5.41, 5.74) is 5.11. The molecule has 0 fully saturated rings. The molecule has 0 N–H and O–H groups in total. The standard InChI is InChI=1S/C28H24N4OS/c1-3-17-32-27(30-31-28(32)34-19-20-13-15-22(33-2)16-14-20)24-18-26(21-9-5-4-6-10-21)29-25-12-8-7-11-23(24)25/h3-16,18H,1,17,19H2,2H3. The summed E-state index contributed by atoms with van der Waals surface area (Å²) in [5, 5.41) is 11.1. The Morgan fingerprint density at radius 1 is 0.941 bits per heavy atom. The van der Waals surface area contributed by atoms with Gasteiger partial charge in [-0.15, -0.1) is 16.8 Å². The van der Waals surface area contributed by atoms with Crippen LogP contribution in [0.3, 0.4) is 0 Å². The van der Waals surface area contributed by atoms with Crippen molar-refractivity contribution in [3.8, 4) is 28.4 Å². The number of fused-ring (bicyclic) bond motifs is 1. The van der Waals surface area contributed by atoms with Crippen LogP contribution in [-0.4, -0.2) is 26.9 Å². The van der Waals surface area contributed by atoms with Crippen molar-refractivity contribution in [3.63, 3.8) is 0 Å². The fourth-order valence-electron chi connectivity index (χ4n) is 3.88. The van der Waals surface area contributed by atoms with E-state index in [1.54, 1.807) is 18.9 Å². The SMILES string of the molecule is C=CCn1c(SCc2ccc(OC)cc2)nnc1-c1cc(-c2ccccc2)nc2ccccc12. The van der Waals surface area contributed by atoms with Crippen molar-refractivity contribution in [2.24, 2.45) is 0 Å². The highest BCUT2D eigenvalue weighted by Gasteiger charge is 2.18. The second-order valence-corrected chi connectivity index (χ2v) is 8.72. The number of rotatable bonds is 8. The summed E-state index contributed by atoms with van der Waals surface area (Å²) >= 11 is 1.66. The van der Waals surface area contributed by atoms with Crippen molar-refractivity contribution < 1.29 is 4.74 Å². The molecule has 0 saturated carbocycles. The van der Waals surface area contributed by atoms with E-state index in [2.05, 4.69) is 57.7 Å². The van der Waals surface area contributed by atoms with Crippen LogP contribution in [0.4, 0.5) is 0 Å². The largest absolute Gasteiger partial charge is 0.497 e. The number of hydrogen-bond donors (Lipinski definition) is 0. The van der Waals surface area contributed by atoms with E-state index in [-0.39, 0.29) is 0 Å². The van der Waals surface area contributed by atoms with E-state index in [0.29, 0.717) is 6.54 Å². The minimum atomic E-state index is 0.616. The summed E-state index contributed by atoms with van der Waals surface area (Å²) in [6.07, 6.45) is 1.88. The van der Waals surface area contributed by atoms with Crippen molar-refractivity contribution >= 4 is 22.7 Å². The van der Waals surface area contributed by atoms with E-state index in [1.165, 1.54) is 5.56 Å². The summed E-state index contributed by atoms with van der Waals surface area (Å²) in [6.45, 7) is 4.58. The van der Waals surface area contributed by atoms with Crippen molar-refractivity contribution in [2.45, 2.75) is 17.5 Å². The number of allylic oxidation sites excluding steroid dienone is 1. The highest BCUT2D eigenvalue weighted by Crippen LogP contribution is 2.33. The maximum Gasteiger partial charge on any atom is 0.192 e. The molecule has 0 aliphatic heterocycles. The first-order valence-electron chi connectivity index (χ1n) is 11.0. The lowest BCUT2D eigenvalue weighted by Crippen LogP contribution is -2.02. The zero-order valence-corrected chi connectivity index (χ0v) is 19.7. The van der Waals surface area contributed by atoms with Crippen LogP contribution in [-0.2, 0) is 12.3 Å². The number of nitrogens with zero attached hydrogens (tertiary/aromatic N) is 4. The number of pyridine rings is 1. The normalized spacial score (nSPS) is 11.0. The third-order valence-electron chi connectivity index (χ3n) is 5.58. The number of para-hydroxylation sites is 1. The summed E-state index contributed by atoms with van der Waals surface area (Å²) in [5.74, 6) is 2.45. The van der Waals surface area contributed by atoms with Gasteiger partial charge in [-0.3, -0.25) is 4.57 Å². The second kappa shape index (κ2) is 9.93. The van der Waals surface area contributed by atoms with Crippen LogP contribution in [0.15, 0.2) is 103 Å². The van der Waals surface area contributed by atoms with Gasteiger partial charge in [-0.05, 0) is 29.8 Å². The number of ether oxygens (including phenoxy) is 1. The fourth-order valence-corrected chi connectivity index (χ4v) is 4.78. The zero-order chi connectivity index (χ0) is 23.3. The van der Waals surface area contributed by atoms with Crippen LogP contribution in [0.5, 0.6) is 5.75 Å². The summed E-state index contributed by atoms with van der Waals surface area (Å²) in [7, 11) is 1.68. The van der Waals surface area contributed by atoms with Gasteiger partial charge in [0.1, 0.15) is 5.75 Å². The highest BCUT2D eigenvalue weighted by molar-refractivity contribution is 7.98. The van der Waals surface area contributed by atoms with Crippen LogP contribution in [0.25, 0.3) is 33.5 Å². The minimum Gasteiger partial charge on any atom is -0.497 e. The Kier molecular flexibility index (Phi) is 6.40. The molecule has 0 saturated heterocycles. The Morgan fingerprint density at radius 3 is 2.47 bits per heavy atom. The van der Waals surface area contributed by atoms with Gasteiger partial charge in [0.15, 0.2) is 11.0 Å². The predicted octanol–water partition coefficient (Wildman–Crippen LogP) is 6.65. The monoisotopic (exact) mass is 464 g/mol. The lowest BCUT2D eigenvalue weighted by atomic mass is 10.0. The third-order valence-corrected chi connectivity index (χ3v) is 6.62. The Hall–Kier alpha value is -3.90. The van der Waals surface area contributed by atoms with Gasteiger partial charge in [-0.1, -0.05) is 78.5 Å². The Morgan fingerprint density at radius 2 is 1.71 bits per heavy atom. The first kappa shape index (κ1) is 21.9. The number of benzene rings is 3. The minimum absolute atomic E-state index is 0.616. The molecule has 5 rings (SSSR count). The lowest BCUT2D eigenvalue weighted by Gasteiger charge is -2.12. The summed E-state index contributed by atoms with van der Waals surface area (Å²) in [6, 6.07) is 28.6. The Labute approximate surface area is 203 Å². The van der Waals surface area contributed by atoms with Crippen molar-refractivity contribution in [1.82, 2.24) is 19.7 Å². The van der Waals surface area contributed by atoms with Crippen molar-refractivity contribution in [3.05, 3.63) is 103 Å². The molecule has 3 aromatic carbocycles. The van der Waals surface area contributed by atoms with E-state index < -0.39 is 0 Å². The van der Waals surface area contributed by atoms with Gasteiger partial charge in [-0.2, -0.15) is 0 Å². The van der Waals surface area contributed by atoms with E-state index in [1.807, 2.05) is 54.6 Å². The Balaban J connectivity index is 1.56. The third kappa shape index (κ3) is 4.45. The molecular weight excluding hydrogens is 440 g/mol. The van der Waals surface area contributed by atoms with E-state index in [9.17, 15) is 0 Å². The average Bonchev–Trinajstić information content (AvgIpc) is 3.30. The number of aromatic nitrogens is 4. The van der Waals surface area contributed by atoms with E-state index >= 15 is 0 Å². The summed E-state index contributed by atoms with van der Waals surface area (Å²) in [4.78, 5) is 4.91. The molecule has 5 aromatic rings.